The Balaban J connectivity index is 0.000000989. The SMILES string of the molecule is C1COCCNCCOCCNCCOCCN1.C=CC(=O)Cl.C=CC(=O)N1CCOCCN(C(=O)C=C)CCOCCN(C(=O)C=C)CCOCC1. The second kappa shape index (κ2) is 37.3. The molecule has 0 spiro atoms. The highest BCUT2D eigenvalue weighted by Gasteiger charge is 2.14. The molecule has 0 aliphatic carbocycles. The molecule has 0 aromatic carbocycles. The van der Waals surface area contributed by atoms with Gasteiger partial charge in [0.1, 0.15) is 0 Å². The molecule has 0 unspecified atom stereocenters. The summed E-state index contributed by atoms with van der Waals surface area (Å²) in [5.74, 6) is -0.623. The van der Waals surface area contributed by atoms with Crippen LogP contribution in [0.1, 0.15) is 0 Å². The molecule has 3 amide bonds. The number of nitrogens with zero attached hydrogens (tertiary/aromatic N) is 3. The van der Waals surface area contributed by atoms with E-state index < -0.39 is 5.24 Å². The van der Waals surface area contributed by atoms with Gasteiger partial charge in [-0.1, -0.05) is 26.3 Å². The van der Waals surface area contributed by atoms with Gasteiger partial charge in [0.25, 0.3) is 0 Å². The summed E-state index contributed by atoms with van der Waals surface area (Å²) in [5, 5.41) is 9.33. The summed E-state index contributed by atoms with van der Waals surface area (Å²) in [5.41, 5.74) is 0. The molecular weight excluding hydrogens is 712 g/mol. The molecule has 2 aliphatic rings. The van der Waals surface area contributed by atoms with Gasteiger partial charge in [-0.3, -0.25) is 19.2 Å². The fourth-order valence-electron chi connectivity index (χ4n) is 4.29. The van der Waals surface area contributed by atoms with Gasteiger partial charge in [0.15, 0.2) is 0 Å². The number of rotatable bonds is 4. The minimum absolute atomic E-state index is 0.208. The van der Waals surface area contributed by atoms with Crippen molar-refractivity contribution in [2.45, 2.75) is 0 Å². The molecule has 16 nitrogen and oxygen atoms in total. The van der Waals surface area contributed by atoms with Crippen molar-refractivity contribution in [3.05, 3.63) is 50.6 Å². The molecule has 304 valence electrons. The lowest BCUT2D eigenvalue weighted by atomic mass is 10.4. The molecule has 17 heteroatoms. The Morgan fingerprint density at radius 3 is 0.755 bits per heavy atom. The number of ether oxygens (including phenoxy) is 6. The topological polar surface area (TPSA) is 169 Å². The lowest BCUT2D eigenvalue weighted by Crippen LogP contribution is -2.39. The molecule has 0 radical (unpaired) electrons. The van der Waals surface area contributed by atoms with Crippen LogP contribution in [0.15, 0.2) is 50.6 Å². The standard InChI is InChI=1S/C21H33N3O6.C12H27N3O3.C3H3ClO/c1-4-19(25)22-7-13-28-15-9-23(20(26)5-2)11-17-30-18-12-24(21(27)6-3)10-16-29-14-8-22;1-7-16-9-3-14-5-11-18-12-6-15-4-10-17-8-2-13-1;1-2-3(4)5/h4-6H,1-3,7-18H2;13-15H,1-12H2;2H,1H2. The largest absolute Gasteiger partial charge is 0.379 e. The third-order valence-corrected chi connectivity index (χ3v) is 7.35. The number of carbonyl (C=O) groups excluding carboxylic acids is 4. The van der Waals surface area contributed by atoms with Crippen LogP contribution >= 0.6 is 11.6 Å². The third-order valence-electron chi connectivity index (χ3n) is 7.19. The Hall–Kier alpha value is -3.03. The number of halogens is 1. The molecule has 0 aromatic heterocycles. The van der Waals surface area contributed by atoms with Gasteiger partial charge < -0.3 is 59.1 Å². The van der Waals surface area contributed by atoms with Gasteiger partial charge in [-0.15, -0.1) is 0 Å². The quantitative estimate of drug-likeness (QED) is 0.255. The van der Waals surface area contributed by atoms with E-state index in [-0.39, 0.29) is 17.7 Å². The number of hydrogen-bond donors (Lipinski definition) is 3. The van der Waals surface area contributed by atoms with Crippen molar-refractivity contribution in [1.29, 1.82) is 0 Å². The molecule has 53 heavy (non-hydrogen) atoms. The normalized spacial score (nSPS) is 19.3. The molecule has 2 saturated heterocycles. The maximum absolute atomic E-state index is 12.0. The molecule has 2 heterocycles. The van der Waals surface area contributed by atoms with Crippen molar-refractivity contribution >= 4 is 34.6 Å². The van der Waals surface area contributed by atoms with Crippen LogP contribution in [0.5, 0.6) is 0 Å². The molecule has 0 saturated carbocycles. The second-order valence-corrected chi connectivity index (χ2v) is 11.4. The highest BCUT2D eigenvalue weighted by atomic mass is 35.5. The van der Waals surface area contributed by atoms with Crippen LogP contribution in [0.25, 0.3) is 0 Å². The summed E-state index contributed by atoms with van der Waals surface area (Å²) < 4.78 is 33.2. The molecule has 2 aliphatic heterocycles. The average molecular weight is 775 g/mol. The van der Waals surface area contributed by atoms with Crippen molar-refractivity contribution in [1.82, 2.24) is 30.7 Å². The van der Waals surface area contributed by atoms with Gasteiger partial charge in [0, 0.05) is 78.5 Å². The van der Waals surface area contributed by atoms with Crippen molar-refractivity contribution in [2.24, 2.45) is 0 Å². The Labute approximate surface area is 320 Å². The first-order valence-corrected chi connectivity index (χ1v) is 18.3. The molecule has 0 atom stereocenters. The zero-order valence-electron chi connectivity index (χ0n) is 31.4. The van der Waals surface area contributed by atoms with Crippen LogP contribution in [0.3, 0.4) is 0 Å². The van der Waals surface area contributed by atoms with Crippen LogP contribution < -0.4 is 16.0 Å². The fourth-order valence-corrected chi connectivity index (χ4v) is 4.29. The summed E-state index contributed by atoms with van der Waals surface area (Å²) in [4.78, 5) is 50.2. The smallest absolute Gasteiger partial charge is 0.246 e. The molecule has 3 N–H and O–H groups in total. The van der Waals surface area contributed by atoms with Crippen LogP contribution in [-0.4, -0.2) is 195 Å². The first-order chi connectivity index (χ1) is 25.8. The number of nitrogens with one attached hydrogen (secondary N) is 3. The third kappa shape index (κ3) is 31.1. The summed E-state index contributed by atoms with van der Waals surface area (Å²) in [6.07, 6.45) is 4.80. The van der Waals surface area contributed by atoms with E-state index >= 15 is 0 Å². The average Bonchev–Trinajstić information content (AvgIpc) is 3.17. The van der Waals surface area contributed by atoms with Gasteiger partial charge in [0.2, 0.25) is 23.0 Å². The summed E-state index contributed by atoms with van der Waals surface area (Å²) in [7, 11) is 0. The van der Waals surface area contributed by atoms with E-state index in [1.165, 1.54) is 18.2 Å². The lowest BCUT2D eigenvalue weighted by Gasteiger charge is -2.25. The van der Waals surface area contributed by atoms with Gasteiger partial charge in [0.05, 0.1) is 79.3 Å². The van der Waals surface area contributed by atoms with Gasteiger partial charge in [-0.25, -0.2) is 0 Å². The number of hydrogen-bond acceptors (Lipinski definition) is 13. The highest BCUT2D eigenvalue weighted by molar-refractivity contribution is 6.66. The van der Waals surface area contributed by atoms with Crippen LogP contribution in [0, 0.1) is 0 Å². The van der Waals surface area contributed by atoms with Crippen molar-refractivity contribution in [3.63, 3.8) is 0 Å². The summed E-state index contributed by atoms with van der Waals surface area (Å²) in [6.45, 7) is 27.7. The minimum Gasteiger partial charge on any atom is -0.379 e. The molecule has 0 aromatic rings. The number of amides is 3. The van der Waals surface area contributed by atoms with E-state index in [0.29, 0.717) is 78.9 Å². The number of allylic oxidation sites excluding steroid dienone is 1. The van der Waals surface area contributed by atoms with E-state index in [9.17, 15) is 19.2 Å². The maximum Gasteiger partial charge on any atom is 0.246 e. The van der Waals surface area contributed by atoms with Crippen LogP contribution in [0.4, 0.5) is 0 Å². The van der Waals surface area contributed by atoms with Gasteiger partial charge in [-0.05, 0) is 35.9 Å². The summed E-state index contributed by atoms with van der Waals surface area (Å²) in [6, 6.07) is 0. The van der Waals surface area contributed by atoms with Crippen LogP contribution in [0.2, 0.25) is 0 Å². The number of carbonyl (C=O) groups is 4. The Morgan fingerprint density at radius 2 is 0.585 bits per heavy atom. The minimum atomic E-state index is -0.509. The van der Waals surface area contributed by atoms with Crippen LogP contribution in [-0.2, 0) is 47.6 Å². The molecule has 2 rings (SSSR count). The van der Waals surface area contributed by atoms with Gasteiger partial charge in [-0.2, -0.15) is 0 Å². The van der Waals surface area contributed by atoms with E-state index in [1.807, 2.05) is 0 Å². The van der Waals surface area contributed by atoms with E-state index in [0.717, 1.165) is 85.0 Å². The molecule has 2 fully saturated rings. The monoisotopic (exact) mass is 774 g/mol. The zero-order chi connectivity index (χ0) is 39.2. The predicted molar refractivity (Wildman–Crippen MR) is 205 cm³/mol. The highest BCUT2D eigenvalue weighted by Crippen LogP contribution is 1.98. The zero-order valence-corrected chi connectivity index (χ0v) is 32.2. The summed E-state index contributed by atoms with van der Waals surface area (Å²) >= 11 is 4.71. The second-order valence-electron chi connectivity index (χ2n) is 11.0. The Bertz CT molecular complexity index is 851. The van der Waals surface area contributed by atoms with Crippen molar-refractivity contribution in [2.75, 3.05) is 158 Å². The van der Waals surface area contributed by atoms with E-state index in [2.05, 4.69) is 42.3 Å². The van der Waals surface area contributed by atoms with Crippen molar-refractivity contribution < 1.29 is 47.6 Å². The first kappa shape index (κ1) is 50.0. The van der Waals surface area contributed by atoms with Crippen molar-refractivity contribution in [3.8, 4) is 0 Å². The lowest BCUT2D eigenvalue weighted by molar-refractivity contribution is -0.128. The van der Waals surface area contributed by atoms with E-state index in [4.69, 9.17) is 40.0 Å². The molecule has 0 bridgehead atoms. The molecular formula is C36H63ClN6O10. The maximum atomic E-state index is 12.0. The first-order valence-electron chi connectivity index (χ1n) is 17.9. The Morgan fingerprint density at radius 1 is 0.396 bits per heavy atom. The predicted octanol–water partition coefficient (Wildman–Crippen LogP) is -0.150. The van der Waals surface area contributed by atoms with Gasteiger partial charge >= 0.3 is 0 Å². The van der Waals surface area contributed by atoms with E-state index in [1.54, 1.807) is 14.7 Å². The fraction of sp³-hybridized carbons (Fsp3) is 0.667. The Kier molecular flexibility index (Phi) is 35.2.